The fourth-order valence-electron chi connectivity index (χ4n) is 8.71. The van der Waals surface area contributed by atoms with E-state index in [1.807, 2.05) is 0 Å². The first kappa shape index (κ1) is 54.3. The molecule has 0 spiro atoms. The van der Waals surface area contributed by atoms with E-state index in [4.69, 9.17) is 37.9 Å². The molecule has 0 aliphatic carbocycles. The zero-order valence-electron chi connectivity index (χ0n) is 40.2. The van der Waals surface area contributed by atoms with Gasteiger partial charge in [0, 0.05) is 16.7 Å². The average molecular weight is 1130 g/mol. The fraction of sp³-hybridized carbons (Fsp3) is 0.160. The number of cyclic esters (lactones) is 1. The van der Waals surface area contributed by atoms with E-state index in [0.29, 0.717) is 42.5 Å². The Labute approximate surface area is 446 Å². The molecule has 31 nitrogen and oxygen atoms in total. The quantitative estimate of drug-likeness (QED) is 0.0647. The minimum atomic E-state index is -2.73. The van der Waals surface area contributed by atoms with Gasteiger partial charge in [0.2, 0.25) is 46.9 Å². The lowest BCUT2D eigenvalue weighted by Crippen LogP contribution is -2.63. The molecule has 6 aromatic carbocycles. The first-order chi connectivity index (χ1) is 38.2. The number of phenols is 17. The summed E-state index contributed by atoms with van der Waals surface area (Å²) < 4.78 is 44.7. The summed E-state index contributed by atoms with van der Waals surface area (Å²) in [6, 6.07) is 3.39. The largest absolute Gasteiger partial charge is 0.504 e. The van der Waals surface area contributed by atoms with E-state index in [1.54, 1.807) is 0 Å². The van der Waals surface area contributed by atoms with E-state index in [1.165, 1.54) is 6.92 Å². The number of hydrogen-bond donors (Lipinski definition) is 17. The SMILES string of the molecule is CCOC(=O)c1cc(O)c(O)c(Oc2c(O)c(O)c(O)c3c2C(=O)O[C@H]2[C@@H]4OC(=O)c5cc(O)c(O)c(O)c5-c5c(cc(O)c(O)c5O)C(=O)O[C@H]4[C@@H](OC(=O)c4cc(O)c(O)c(O)c4)O[C@@H]2COC(=O)c2cc(O)c(O)c(O)c2-3)c1. The van der Waals surface area contributed by atoms with Crippen LogP contribution in [0.1, 0.15) is 69.1 Å². The van der Waals surface area contributed by atoms with Crippen LogP contribution in [0.2, 0.25) is 0 Å². The van der Waals surface area contributed by atoms with Crippen molar-refractivity contribution in [3.05, 3.63) is 75.8 Å². The van der Waals surface area contributed by atoms with Crippen molar-refractivity contribution in [2.45, 2.75) is 37.6 Å². The standard InChI is InChI=1S/C50H36O31/c1-2-74-44(68)12-5-18(53)30(58)22(6-12)76-41-28-27(37(65)38(66)39(41)67)26-13(7-19(54)33(61)36(26)64)46(70)75-10-23-40(78-49(28)73)42-43(50(77-23)81-45(69)11-3-16(51)29(57)17(52)4-11)80-48(72)15-9-21(56)32(60)35(63)25(15)24-14(47(71)79-42)8-20(55)31(59)34(24)62/h3-9,23,40,42-43,50-67H,2,10H2,1H3/t23-,40-,42+,43-,50-/m1/s1. The molecule has 81 heavy (non-hydrogen) atoms. The number of carbonyl (C=O) groups excluding carboxylic acids is 6. The molecule has 3 aliphatic heterocycles. The molecule has 17 N–H and O–H groups in total. The number of benzene rings is 6. The number of carbonyl (C=O) groups is 6. The number of phenolic OH excluding ortho intramolecular Hbond substituents is 17. The molecule has 0 unspecified atom stereocenters. The molecule has 0 amide bonds. The summed E-state index contributed by atoms with van der Waals surface area (Å²) in [6.45, 7) is -0.291. The number of aromatic hydroxyl groups is 17. The maximum absolute atomic E-state index is 15.4. The molecule has 0 bridgehead atoms. The third-order valence-corrected chi connectivity index (χ3v) is 12.5. The van der Waals surface area contributed by atoms with Gasteiger partial charge in [0.25, 0.3) is 0 Å². The predicted octanol–water partition coefficient (Wildman–Crippen LogP) is 3.03. The van der Waals surface area contributed by atoms with Crippen LogP contribution in [-0.4, -0.2) is 167 Å². The van der Waals surface area contributed by atoms with Gasteiger partial charge in [-0.25, -0.2) is 28.8 Å². The molecule has 1 saturated heterocycles. The Hall–Kier alpha value is -11.5. The van der Waals surface area contributed by atoms with E-state index < -0.39 is 238 Å². The topological polar surface area (TPSA) is 520 Å². The molecule has 31 heteroatoms. The lowest BCUT2D eigenvalue weighted by Gasteiger charge is -2.44. The fourth-order valence-corrected chi connectivity index (χ4v) is 8.71. The van der Waals surface area contributed by atoms with Crippen LogP contribution in [-0.2, 0) is 33.2 Å². The average Bonchev–Trinajstić information content (AvgIpc) is 3.71. The Morgan fingerprint density at radius 3 is 1.40 bits per heavy atom. The minimum absolute atomic E-state index is 0.263. The third-order valence-electron chi connectivity index (χ3n) is 12.5. The number of ether oxygens (including phenoxy) is 8. The highest BCUT2D eigenvalue weighted by Gasteiger charge is 2.56. The van der Waals surface area contributed by atoms with Crippen molar-refractivity contribution in [2.75, 3.05) is 13.2 Å². The molecular formula is C50H36O31. The molecule has 3 aliphatic rings. The van der Waals surface area contributed by atoms with Gasteiger partial charge in [-0.3, -0.25) is 0 Å². The highest BCUT2D eigenvalue weighted by atomic mass is 16.7. The maximum atomic E-state index is 15.4. The predicted molar refractivity (Wildman–Crippen MR) is 253 cm³/mol. The molecule has 0 aromatic heterocycles. The number of fused-ring (bicyclic) bond motifs is 9. The zero-order chi connectivity index (χ0) is 59.1. The molecule has 422 valence electrons. The minimum Gasteiger partial charge on any atom is -0.504 e. The van der Waals surface area contributed by atoms with E-state index in [-0.39, 0.29) is 6.61 Å². The molecule has 0 radical (unpaired) electrons. The van der Waals surface area contributed by atoms with Gasteiger partial charge in [-0.2, -0.15) is 0 Å². The second kappa shape index (κ2) is 19.8. The summed E-state index contributed by atoms with van der Waals surface area (Å²) >= 11 is 0. The molecule has 1 fully saturated rings. The van der Waals surface area contributed by atoms with Gasteiger partial charge >= 0.3 is 35.8 Å². The Morgan fingerprint density at radius 2 is 0.877 bits per heavy atom. The Kier molecular flexibility index (Phi) is 13.3. The van der Waals surface area contributed by atoms with Crippen molar-refractivity contribution in [1.29, 1.82) is 0 Å². The van der Waals surface area contributed by atoms with Gasteiger partial charge < -0.3 is 125 Å². The van der Waals surface area contributed by atoms with Crippen molar-refractivity contribution < 1.29 is 153 Å². The van der Waals surface area contributed by atoms with Crippen LogP contribution in [0.15, 0.2) is 42.5 Å². The van der Waals surface area contributed by atoms with Crippen LogP contribution < -0.4 is 4.74 Å². The smallest absolute Gasteiger partial charge is 0.343 e. The molecule has 5 atom stereocenters. The highest BCUT2D eigenvalue weighted by molar-refractivity contribution is 6.11. The van der Waals surface area contributed by atoms with Gasteiger partial charge in [-0.1, -0.05) is 0 Å². The van der Waals surface area contributed by atoms with Gasteiger partial charge in [-0.15, -0.1) is 0 Å². The van der Waals surface area contributed by atoms with Crippen LogP contribution in [0.25, 0.3) is 22.3 Å². The van der Waals surface area contributed by atoms with Gasteiger partial charge in [0.1, 0.15) is 18.3 Å². The van der Waals surface area contributed by atoms with Crippen LogP contribution in [0.5, 0.6) is 109 Å². The van der Waals surface area contributed by atoms with Gasteiger partial charge in [-0.05, 0) is 49.4 Å². The second-order valence-corrected chi connectivity index (χ2v) is 17.4. The zero-order valence-corrected chi connectivity index (χ0v) is 40.2. The van der Waals surface area contributed by atoms with Crippen LogP contribution in [0.3, 0.4) is 0 Å². The third kappa shape index (κ3) is 8.90. The Balaban J connectivity index is 1.31. The Morgan fingerprint density at radius 1 is 0.444 bits per heavy atom. The van der Waals surface area contributed by atoms with Crippen molar-refractivity contribution in [2.24, 2.45) is 0 Å². The van der Waals surface area contributed by atoms with E-state index in [2.05, 4.69) is 0 Å². The number of rotatable bonds is 6. The summed E-state index contributed by atoms with van der Waals surface area (Å²) in [6.07, 6.45) is -13.1. The lowest BCUT2D eigenvalue weighted by molar-refractivity contribution is -0.282. The van der Waals surface area contributed by atoms with E-state index in [0.717, 1.165) is 0 Å². The monoisotopic (exact) mass is 1130 g/mol. The molecule has 6 aromatic rings. The molecule has 9 rings (SSSR count). The van der Waals surface area contributed by atoms with Gasteiger partial charge in [0.05, 0.1) is 40.0 Å². The van der Waals surface area contributed by atoms with E-state index >= 15 is 4.79 Å². The highest BCUT2D eigenvalue weighted by Crippen LogP contribution is 2.59. The summed E-state index contributed by atoms with van der Waals surface area (Å²) in [4.78, 5) is 85.9. The van der Waals surface area contributed by atoms with E-state index in [9.17, 15) is 111 Å². The molecular weight excluding hydrogens is 1100 g/mol. The van der Waals surface area contributed by atoms with Crippen LogP contribution >= 0.6 is 0 Å². The molecule has 0 saturated carbocycles. The van der Waals surface area contributed by atoms with Crippen molar-refractivity contribution in [3.8, 4) is 131 Å². The summed E-state index contributed by atoms with van der Waals surface area (Å²) in [7, 11) is 0. The van der Waals surface area contributed by atoms with Gasteiger partial charge in [0.15, 0.2) is 87.0 Å². The van der Waals surface area contributed by atoms with Crippen molar-refractivity contribution >= 4 is 35.8 Å². The first-order valence-corrected chi connectivity index (χ1v) is 22.6. The normalized spacial score (nSPS) is 18.5. The summed E-state index contributed by atoms with van der Waals surface area (Å²) in [5.74, 6) is -37.4. The maximum Gasteiger partial charge on any atom is 0.343 e. The van der Waals surface area contributed by atoms with Crippen molar-refractivity contribution in [3.63, 3.8) is 0 Å². The lowest BCUT2D eigenvalue weighted by atomic mass is 9.90. The Bertz CT molecular complexity index is 3750. The first-order valence-electron chi connectivity index (χ1n) is 22.6. The summed E-state index contributed by atoms with van der Waals surface area (Å²) in [5.41, 5.74) is -11.6. The molecule has 3 heterocycles. The number of hydrogen-bond acceptors (Lipinski definition) is 31. The van der Waals surface area contributed by atoms with Crippen LogP contribution in [0, 0.1) is 0 Å². The second-order valence-electron chi connectivity index (χ2n) is 17.4. The van der Waals surface area contributed by atoms with Crippen LogP contribution in [0.4, 0.5) is 0 Å². The van der Waals surface area contributed by atoms with Crippen molar-refractivity contribution in [1.82, 2.24) is 0 Å². The summed E-state index contributed by atoms with van der Waals surface area (Å²) in [5, 5.41) is 185. The number of esters is 6.